The van der Waals surface area contributed by atoms with Crippen molar-refractivity contribution in [1.29, 1.82) is 0 Å². The lowest BCUT2D eigenvalue weighted by Crippen LogP contribution is -2.50. The molecule has 8 heteroatoms. The quantitative estimate of drug-likeness (QED) is 0.154. The summed E-state index contributed by atoms with van der Waals surface area (Å²) in [4.78, 5) is 2.72. The maximum absolute atomic E-state index is 12.4. The molecule has 1 rings (SSSR count). The van der Waals surface area contributed by atoms with E-state index in [9.17, 15) is 21.7 Å². The maximum Gasteiger partial charge on any atom is 0.512 e. The number of hydrogen-bond acceptors (Lipinski definition) is 1. The Labute approximate surface area is 173 Å². The second-order valence-corrected chi connectivity index (χ2v) is 7.73. The molecule has 29 heavy (non-hydrogen) atoms. The van der Waals surface area contributed by atoms with E-state index in [0.29, 0.717) is 12.3 Å². The van der Waals surface area contributed by atoms with Crippen LogP contribution in [0.2, 0.25) is 0 Å². The summed E-state index contributed by atoms with van der Waals surface area (Å²) in [5.41, 5.74) is -1.58. The molecule has 0 unspecified atom stereocenters. The van der Waals surface area contributed by atoms with Crippen LogP contribution in [0.1, 0.15) is 79.1 Å². The fourth-order valence-corrected chi connectivity index (χ4v) is 3.33. The van der Waals surface area contributed by atoms with Crippen molar-refractivity contribution >= 4 is 12.4 Å². The van der Waals surface area contributed by atoms with Gasteiger partial charge < -0.3 is 17.4 Å². The van der Waals surface area contributed by atoms with Gasteiger partial charge in [0.25, 0.3) is 0 Å². The van der Waals surface area contributed by atoms with E-state index in [-0.39, 0.29) is 0 Å². The zero-order valence-electron chi connectivity index (χ0n) is 18.5. The fraction of sp³-hybridized carbons (Fsp3) is 0.762. The molecule has 0 fully saturated rings. The highest BCUT2D eigenvalue weighted by molar-refractivity contribution is 6.73. The Morgan fingerprint density at radius 1 is 0.759 bits per heavy atom. The predicted molar refractivity (Wildman–Crippen MR) is 112 cm³/mol. The first-order valence-electron chi connectivity index (χ1n) is 11.0. The van der Waals surface area contributed by atoms with Gasteiger partial charge in [0.1, 0.15) is 0 Å². The highest BCUT2D eigenvalue weighted by Gasteiger charge is 2.30. The molecular weight excluding hydrogens is 386 g/mol. The van der Waals surface area contributed by atoms with Crippen molar-refractivity contribution in [3.05, 3.63) is 24.0 Å². The van der Waals surface area contributed by atoms with Gasteiger partial charge in [0.15, 0.2) is 5.82 Å². The minimum atomic E-state index is -5.50. The van der Waals surface area contributed by atoms with Crippen molar-refractivity contribution < 1.29 is 26.2 Å². The van der Waals surface area contributed by atoms with Gasteiger partial charge in [-0.1, -0.05) is 64.9 Å². The summed E-state index contributed by atoms with van der Waals surface area (Å²) in [5, 5.41) is 0. The lowest BCUT2D eigenvalue weighted by Gasteiger charge is -2.39. The summed E-state index contributed by atoms with van der Waals surface area (Å²) < 4.78 is 61.5. The second-order valence-electron chi connectivity index (χ2n) is 7.73. The van der Waals surface area contributed by atoms with Gasteiger partial charge in [-0.05, 0) is 25.7 Å². The first-order valence-corrected chi connectivity index (χ1v) is 11.0. The highest BCUT2D eigenvalue weighted by atomic mass is 19.4. The number of pyridine rings is 1. The third-order valence-corrected chi connectivity index (χ3v) is 5.17. The van der Waals surface area contributed by atoms with Gasteiger partial charge in [-0.25, -0.2) is 9.37 Å². The minimum Gasteiger partial charge on any atom is -0.445 e. The molecular formula is C21H38BF5N2. The third kappa shape index (κ3) is 11.0. The largest absolute Gasteiger partial charge is 0.512 e. The second kappa shape index (κ2) is 14.8. The van der Waals surface area contributed by atoms with E-state index in [1.807, 2.05) is 0 Å². The molecule has 0 atom stereocenters. The van der Waals surface area contributed by atoms with Crippen LogP contribution in [-0.2, 0) is 0 Å². The lowest BCUT2D eigenvalue weighted by molar-refractivity contribution is -0.929. The van der Waals surface area contributed by atoms with Crippen LogP contribution >= 0.6 is 0 Å². The smallest absolute Gasteiger partial charge is 0.445 e. The standard InChI is InChI=1S/C16H36N.C5H2BF5N/c1-5-9-13-17(14-10-6-2,15-11-7-3)16-12-8-4;7-4-3(6(9,10)11)1-2-12-5(4)8/h5-16H2,1-4H3;1-2H/q+1;-1. The van der Waals surface area contributed by atoms with Gasteiger partial charge in [0, 0.05) is 6.20 Å². The van der Waals surface area contributed by atoms with Gasteiger partial charge in [0.05, 0.1) is 26.2 Å². The number of hydrogen-bond donors (Lipinski definition) is 0. The molecule has 0 spiro atoms. The van der Waals surface area contributed by atoms with Gasteiger partial charge >= 0.3 is 6.98 Å². The zero-order chi connectivity index (χ0) is 22.3. The number of halogens is 5. The average molecular weight is 424 g/mol. The SMILES string of the molecule is CCCC[N+](CCCC)(CCCC)CCCC.Fc1nccc([B-](F)(F)F)c1F. The summed E-state index contributed by atoms with van der Waals surface area (Å²) in [5.74, 6) is -3.67. The number of nitrogens with zero attached hydrogens (tertiary/aromatic N) is 2. The molecule has 1 heterocycles. The summed E-state index contributed by atoms with van der Waals surface area (Å²) in [6.45, 7) is 9.51. The Hall–Kier alpha value is -1.18. The Balaban J connectivity index is 0.000000571. The number of aromatic nitrogens is 1. The van der Waals surface area contributed by atoms with Crippen molar-refractivity contribution in [2.45, 2.75) is 79.1 Å². The Bertz CT molecular complexity index is 515. The maximum atomic E-state index is 12.4. The van der Waals surface area contributed by atoms with E-state index in [2.05, 4.69) is 32.7 Å². The molecule has 0 aliphatic rings. The van der Waals surface area contributed by atoms with E-state index < -0.39 is 24.2 Å². The topological polar surface area (TPSA) is 12.9 Å². The van der Waals surface area contributed by atoms with E-state index in [4.69, 9.17) is 0 Å². The van der Waals surface area contributed by atoms with Gasteiger partial charge in [-0.15, -0.1) is 0 Å². The van der Waals surface area contributed by atoms with Gasteiger partial charge in [0.2, 0.25) is 5.95 Å². The highest BCUT2D eigenvalue weighted by Crippen LogP contribution is 2.16. The molecule has 0 aliphatic carbocycles. The molecule has 170 valence electrons. The molecule has 0 amide bonds. The van der Waals surface area contributed by atoms with Crippen molar-refractivity contribution in [3.8, 4) is 0 Å². The Kier molecular flexibility index (Phi) is 14.2. The van der Waals surface area contributed by atoms with Crippen LogP contribution in [0.5, 0.6) is 0 Å². The Morgan fingerprint density at radius 2 is 1.14 bits per heavy atom. The molecule has 0 aliphatic heterocycles. The predicted octanol–water partition coefficient (Wildman–Crippen LogP) is 6.42. The molecule has 1 aromatic rings. The Morgan fingerprint density at radius 3 is 1.41 bits per heavy atom. The fourth-order valence-electron chi connectivity index (χ4n) is 3.33. The minimum absolute atomic E-state index is 0.401. The lowest BCUT2D eigenvalue weighted by atomic mass is 9.80. The summed E-state index contributed by atoms with van der Waals surface area (Å²) in [7, 11) is 0. The van der Waals surface area contributed by atoms with Crippen LogP contribution in [-0.4, -0.2) is 42.6 Å². The molecule has 2 nitrogen and oxygen atoms in total. The van der Waals surface area contributed by atoms with Crippen LogP contribution in [0.3, 0.4) is 0 Å². The van der Waals surface area contributed by atoms with Crippen LogP contribution in [0.4, 0.5) is 21.7 Å². The number of quaternary nitrogens is 1. The molecule has 0 saturated carbocycles. The van der Waals surface area contributed by atoms with Crippen molar-refractivity contribution in [2.24, 2.45) is 0 Å². The first-order chi connectivity index (χ1) is 13.7. The van der Waals surface area contributed by atoms with Crippen molar-refractivity contribution in [2.75, 3.05) is 26.2 Å². The first kappa shape index (κ1) is 27.8. The van der Waals surface area contributed by atoms with Crippen LogP contribution in [0.25, 0.3) is 0 Å². The normalized spacial score (nSPS) is 11.9. The monoisotopic (exact) mass is 424 g/mol. The zero-order valence-corrected chi connectivity index (χ0v) is 18.5. The molecule has 0 N–H and O–H groups in total. The van der Waals surface area contributed by atoms with E-state index in [1.165, 1.54) is 82.0 Å². The van der Waals surface area contributed by atoms with E-state index in [0.717, 1.165) is 0 Å². The summed E-state index contributed by atoms with van der Waals surface area (Å²) in [6.07, 6.45) is 11.6. The van der Waals surface area contributed by atoms with Crippen LogP contribution in [0.15, 0.2) is 12.3 Å². The average Bonchev–Trinajstić information content (AvgIpc) is 2.68. The number of unbranched alkanes of at least 4 members (excludes halogenated alkanes) is 4. The van der Waals surface area contributed by atoms with E-state index >= 15 is 0 Å². The van der Waals surface area contributed by atoms with Crippen molar-refractivity contribution in [3.63, 3.8) is 0 Å². The molecule has 0 aromatic carbocycles. The molecule has 0 bridgehead atoms. The summed E-state index contributed by atoms with van der Waals surface area (Å²) >= 11 is 0. The molecule has 0 saturated heterocycles. The van der Waals surface area contributed by atoms with Crippen LogP contribution in [0, 0.1) is 11.8 Å². The van der Waals surface area contributed by atoms with Gasteiger partial charge in [-0.2, -0.15) is 4.39 Å². The van der Waals surface area contributed by atoms with E-state index in [1.54, 1.807) is 0 Å². The molecule has 1 aromatic heterocycles. The molecule has 0 radical (unpaired) electrons. The van der Waals surface area contributed by atoms with Crippen LogP contribution < -0.4 is 5.46 Å². The summed E-state index contributed by atoms with van der Waals surface area (Å²) in [6, 6.07) is 0.401. The van der Waals surface area contributed by atoms with Gasteiger partial charge in [-0.3, -0.25) is 0 Å². The third-order valence-electron chi connectivity index (χ3n) is 5.17. The van der Waals surface area contributed by atoms with Crippen molar-refractivity contribution in [1.82, 2.24) is 4.98 Å². The number of rotatable bonds is 13.